The number of benzene rings is 2. The maximum Gasteiger partial charge on any atom is 0.179 e. The van der Waals surface area contributed by atoms with Crippen molar-refractivity contribution in [1.29, 1.82) is 0 Å². The normalized spacial score (nSPS) is 11.1. The van der Waals surface area contributed by atoms with E-state index in [2.05, 4.69) is 120 Å². The number of aryl methyl sites for hydroxylation is 1. The molecule has 0 aliphatic heterocycles. The number of anilines is 1. The van der Waals surface area contributed by atoms with Crippen molar-refractivity contribution in [1.82, 2.24) is 0 Å². The van der Waals surface area contributed by atoms with Crippen molar-refractivity contribution in [2.24, 2.45) is 0 Å². The molecule has 3 rings (SSSR count). The Labute approximate surface area is 177 Å². The Balaban J connectivity index is 1.64. The van der Waals surface area contributed by atoms with Crippen molar-refractivity contribution >= 4 is 40.3 Å². The highest BCUT2D eigenvalue weighted by molar-refractivity contribution is 8.68. The Kier molecular flexibility index (Phi) is 7.63. The third kappa shape index (κ3) is 5.91. The van der Waals surface area contributed by atoms with Gasteiger partial charge in [0.2, 0.25) is 0 Å². The molecule has 0 unspecified atom stereocenters. The molecule has 4 heteroatoms. The van der Waals surface area contributed by atoms with E-state index in [4.69, 9.17) is 0 Å². The van der Waals surface area contributed by atoms with Crippen LogP contribution in [0.3, 0.4) is 0 Å². The zero-order valence-electron chi connectivity index (χ0n) is 16.5. The molecule has 144 valence electrons. The average Bonchev–Trinajstić information content (AvgIpc) is 2.73. The lowest BCUT2D eigenvalue weighted by Crippen LogP contribution is -2.37. The molecule has 0 radical (unpaired) electrons. The van der Waals surface area contributed by atoms with Gasteiger partial charge in [-0.3, -0.25) is 0 Å². The third-order valence-electron chi connectivity index (χ3n) is 4.79. The maximum atomic E-state index is 4.20. The van der Waals surface area contributed by atoms with E-state index in [9.17, 15) is 0 Å². The number of hydrogen-bond acceptors (Lipinski definition) is 3. The summed E-state index contributed by atoms with van der Waals surface area (Å²) >= 11 is 4.20. The SMILES string of the molecule is Cc1cc(/C=C/c2ccc(N(C)CCSS)cc2)cc[n+]1Cc1ccccc1. The number of aromatic nitrogens is 1. The zero-order valence-corrected chi connectivity index (χ0v) is 18.2. The van der Waals surface area contributed by atoms with Gasteiger partial charge in [0.15, 0.2) is 18.4 Å². The summed E-state index contributed by atoms with van der Waals surface area (Å²) in [5.74, 6) is 1.01. The first kappa shape index (κ1) is 20.6. The Hall–Kier alpha value is -2.17. The van der Waals surface area contributed by atoms with Gasteiger partial charge in [-0.15, -0.1) is 11.7 Å². The minimum Gasteiger partial charge on any atom is -0.374 e. The van der Waals surface area contributed by atoms with E-state index in [-0.39, 0.29) is 0 Å². The van der Waals surface area contributed by atoms with E-state index in [1.807, 2.05) is 0 Å². The Morgan fingerprint density at radius 3 is 2.36 bits per heavy atom. The molecule has 28 heavy (non-hydrogen) atoms. The number of thiol groups is 1. The summed E-state index contributed by atoms with van der Waals surface area (Å²) in [6, 6.07) is 23.6. The topological polar surface area (TPSA) is 7.12 Å². The van der Waals surface area contributed by atoms with Crippen LogP contribution in [0.25, 0.3) is 12.2 Å². The number of nitrogens with zero attached hydrogens (tertiary/aromatic N) is 2. The van der Waals surface area contributed by atoms with Crippen molar-refractivity contribution in [3.05, 3.63) is 95.3 Å². The molecule has 1 heterocycles. The summed E-state index contributed by atoms with van der Waals surface area (Å²) in [5.41, 5.74) is 6.23. The quantitative estimate of drug-likeness (QED) is 0.299. The highest BCUT2D eigenvalue weighted by atomic mass is 33.1. The van der Waals surface area contributed by atoms with E-state index in [0.29, 0.717) is 0 Å². The molecule has 0 bridgehead atoms. The monoisotopic (exact) mass is 407 g/mol. The second kappa shape index (κ2) is 10.4. The molecule has 1 aromatic heterocycles. The van der Waals surface area contributed by atoms with Gasteiger partial charge in [-0.2, -0.15) is 4.57 Å². The van der Waals surface area contributed by atoms with Crippen molar-refractivity contribution in [3.63, 3.8) is 0 Å². The van der Waals surface area contributed by atoms with Gasteiger partial charge in [-0.1, -0.05) is 65.4 Å². The Morgan fingerprint density at radius 1 is 0.964 bits per heavy atom. The smallest absolute Gasteiger partial charge is 0.179 e. The maximum absolute atomic E-state index is 4.20. The molecule has 0 aliphatic carbocycles. The van der Waals surface area contributed by atoms with Gasteiger partial charge in [-0.25, -0.2) is 0 Å². The average molecular weight is 408 g/mol. The summed E-state index contributed by atoms with van der Waals surface area (Å²) in [6.45, 7) is 4.06. The molecule has 0 saturated heterocycles. The van der Waals surface area contributed by atoms with Crippen LogP contribution in [0.5, 0.6) is 0 Å². The van der Waals surface area contributed by atoms with E-state index >= 15 is 0 Å². The fraction of sp³-hybridized carbons (Fsp3) is 0.208. The third-order valence-corrected chi connectivity index (χ3v) is 5.70. The van der Waals surface area contributed by atoms with Crippen LogP contribution in [0, 0.1) is 6.92 Å². The number of hydrogen-bond donors (Lipinski definition) is 1. The molecular formula is C24H27N2S2+. The van der Waals surface area contributed by atoms with E-state index < -0.39 is 0 Å². The molecule has 0 N–H and O–H groups in total. The molecule has 0 aliphatic rings. The first-order valence-electron chi connectivity index (χ1n) is 9.45. The van der Waals surface area contributed by atoms with E-state index in [0.717, 1.165) is 18.8 Å². The number of pyridine rings is 1. The summed E-state index contributed by atoms with van der Waals surface area (Å²) in [6.07, 6.45) is 6.51. The second-order valence-electron chi connectivity index (χ2n) is 6.89. The number of rotatable bonds is 8. The predicted octanol–water partition coefficient (Wildman–Crippen LogP) is 5.52. The van der Waals surface area contributed by atoms with Crippen LogP contribution in [-0.4, -0.2) is 19.3 Å². The molecular weight excluding hydrogens is 380 g/mol. The summed E-state index contributed by atoms with van der Waals surface area (Å²) in [4.78, 5) is 2.25. The summed E-state index contributed by atoms with van der Waals surface area (Å²) in [7, 11) is 3.69. The van der Waals surface area contributed by atoms with Crippen LogP contribution in [0.2, 0.25) is 0 Å². The summed E-state index contributed by atoms with van der Waals surface area (Å²) in [5, 5.41) is 0. The fourth-order valence-electron chi connectivity index (χ4n) is 3.07. The van der Waals surface area contributed by atoms with Crippen molar-refractivity contribution in [2.45, 2.75) is 13.5 Å². The molecule has 0 saturated carbocycles. The van der Waals surface area contributed by atoms with E-state index in [1.54, 1.807) is 10.8 Å². The molecule has 3 aromatic rings. The Bertz CT molecular complexity index is 906. The standard InChI is InChI=1S/C24H26N2S2/c1-20-18-22(14-15-26(20)19-23-6-4-3-5-7-23)9-8-21-10-12-24(13-11-21)25(2)16-17-28-27/h3-15,18H,16-17,19H2,1-2H3/p+1. The zero-order chi connectivity index (χ0) is 19.8. The minimum atomic E-state index is 0.900. The van der Waals surface area contributed by atoms with Crippen LogP contribution < -0.4 is 9.47 Å². The van der Waals surface area contributed by atoms with Gasteiger partial charge in [0, 0.05) is 49.7 Å². The van der Waals surface area contributed by atoms with Gasteiger partial charge in [0.25, 0.3) is 0 Å². The van der Waals surface area contributed by atoms with Crippen LogP contribution in [0.1, 0.15) is 22.4 Å². The van der Waals surface area contributed by atoms with Crippen LogP contribution in [-0.2, 0) is 6.54 Å². The first-order valence-corrected chi connectivity index (χ1v) is 11.5. The summed E-state index contributed by atoms with van der Waals surface area (Å²) < 4.78 is 2.28. The molecule has 0 amide bonds. The lowest BCUT2D eigenvalue weighted by atomic mass is 10.1. The molecule has 2 nitrogen and oxygen atoms in total. The van der Waals surface area contributed by atoms with Crippen LogP contribution in [0.4, 0.5) is 5.69 Å². The van der Waals surface area contributed by atoms with Crippen LogP contribution in [0.15, 0.2) is 72.9 Å². The van der Waals surface area contributed by atoms with Gasteiger partial charge in [-0.05, 0) is 23.3 Å². The lowest BCUT2D eigenvalue weighted by Gasteiger charge is -2.18. The van der Waals surface area contributed by atoms with Gasteiger partial charge < -0.3 is 4.90 Å². The minimum absolute atomic E-state index is 0.900. The highest BCUT2D eigenvalue weighted by Gasteiger charge is 2.07. The first-order chi connectivity index (χ1) is 13.7. The van der Waals surface area contributed by atoms with Gasteiger partial charge >= 0.3 is 0 Å². The van der Waals surface area contributed by atoms with Gasteiger partial charge in [0.05, 0.1) is 0 Å². The molecule has 0 atom stereocenters. The molecule has 0 spiro atoms. The fourth-order valence-corrected chi connectivity index (χ4v) is 3.67. The van der Waals surface area contributed by atoms with Crippen molar-refractivity contribution < 1.29 is 4.57 Å². The highest BCUT2D eigenvalue weighted by Crippen LogP contribution is 2.17. The Morgan fingerprint density at radius 2 is 1.68 bits per heavy atom. The predicted molar refractivity (Wildman–Crippen MR) is 127 cm³/mol. The largest absolute Gasteiger partial charge is 0.374 e. The van der Waals surface area contributed by atoms with Crippen LogP contribution >= 0.6 is 22.5 Å². The molecule has 0 fully saturated rings. The lowest BCUT2D eigenvalue weighted by molar-refractivity contribution is -0.694. The molecule has 2 aromatic carbocycles. The van der Waals surface area contributed by atoms with Gasteiger partial charge in [0.1, 0.15) is 0 Å². The van der Waals surface area contributed by atoms with Crippen molar-refractivity contribution in [2.75, 3.05) is 24.2 Å². The van der Waals surface area contributed by atoms with E-state index in [1.165, 1.54) is 28.1 Å². The second-order valence-corrected chi connectivity index (χ2v) is 8.34. The van der Waals surface area contributed by atoms with Crippen molar-refractivity contribution in [3.8, 4) is 0 Å².